The Morgan fingerprint density at radius 1 is 1.24 bits per heavy atom. The molecule has 0 bridgehead atoms. The minimum Gasteiger partial charge on any atom is -0.398 e. The van der Waals surface area contributed by atoms with Gasteiger partial charge >= 0.3 is 6.18 Å². The molecule has 2 rings (SSSR count). The van der Waals surface area contributed by atoms with Crippen LogP contribution in [-0.2, 0) is 12.7 Å². The van der Waals surface area contributed by atoms with Crippen molar-refractivity contribution in [1.82, 2.24) is 0 Å². The monoisotopic (exact) mass is 314 g/mol. The topological polar surface area (TPSA) is 29.3 Å². The van der Waals surface area contributed by atoms with Crippen molar-refractivity contribution in [2.24, 2.45) is 0 Å². The molecule has 0 aliphatic heterocycles. The zero-order valence-corrected chi connectivity index (χ0v) is 12.6. The van der Waals surface area contributed by atoms with Gasteiger partial charge in [-0.3, -0.25) is 0 Å². The number of hydrogen-bond donors (Lipinski definition) is 1. The Bertz CT molecular complexity index is 591. The third-order valence-corrected chi connectivity index (χ3v) is 4.06. The van der Waals surface area contributed by atoms with Crippen LogP contribution in [0.4, 0.5) is 24.5 Å². The minimum atomic E-state index is -4.44. The average molecular weight is 314 g/mol. The van der Waals surface area contributed by atoms with Gasteiger partial charge in [-0.2, -0.15) is 13.2 Å². The van der Waals surface area contributed by atoms with E-state index >= 15 is 0 Å². The van der Waals surface area contributed by atoms with E-state index in [1.165, 1.54) is 6.07 Å². The van der Waals surface area contributed by atoms with E-state index < -0.39 is 11.7 Å². The van der Waals surface area contributed by atoms with Gasteiger partial charge in [-0.15, -0.1) is 11.3 Å². The molecule has 0 aliphatic carbocycles. The van der Waals surface area contributed by atoms with Gasteiger partial charge in [-0.25, -0.2) is 0 Å². The maximum Gasteiger partial charge on any atom is 0.418 e. The van der Waals surface area contributed by atoms with Crippen LogP contribution in [-0.4, -0.2) is 6.04 Å². The summed E-state index contributed by atoms with van der Waals surface area (Å²) in [5.74, 6) is 0. The second-order valence-corrected chi connectivity index (χ2v) is 6.10. The molecule has 21 heavy (non-hydrogen) atoms. The van der Waals surface area contributed by atoms with Crippen LogP contribution in [0.2, 0.25) is 0 Å². The Kier molecular flexibility index (Phi) is 4.46. The molecule has 0 saturated heterocycles. The predicted octanol–water partition coefficient (Wildman–Crippen LogP) is 4.76. The summed E-state index contributed by atoms with van der Waals surface area (Å²) in [6, 6.07) is 8.07. The highest BCUT2D eigenvalue weighted by molar-refractivity contribution is 7.09. The van der Waals surface area contributed by atoms with Crippen LogP contribution in [0, 0.1) is 0 Å². The fourth-order valence-electron chi connectivity index (χ4n) is 2.11. The first-order valence-corrected chi connectivity index (χ1v) is 7.42. The van der Waals surface area contributed by atoms with Crippen LogP contribution < -0.4 is 10.6 Å². The third-order valence-electron chi connectivity index (χ3n) is 3.20. The fourth-order valence-corrected chi connectivity index (χ4v) is 2.81. The maximum absolute atomic E-state index is 13.0. The second-order valence-electron chi connectivity index (χ2n) is 5.07. The number of nitrogen functional groups attached to an aromatic ring is 1. The number of nitrogens with zero attached hydrogens (tertiary/aromatic N) is 1. The van der Waals surface area contributed by atoms with Crippen molar-refractivity contribution in [1.29, 1.82) is 0 Å². The van der Waals surface area contributed by atoms with Gasteiger partial charge in [0.2, 0.25) is 0 Å². The molecule has 114 valence electrons. The molecule has 2 nitrogen and oxygen atoms in total. The Morgan fingerprint density at radius 2 is 1.95 bits per heavy atom. The lowest BCUT2D eigenvalue weighted by molar-refractivity contribution is -0.136. The second kappa shape index (κ2) is 5.97. The van der Waals surface area contributed by atoms with E-state index in [1.807, 2.05) is 36.3 Å². The van der Waals surface area contributed by atoms with Crippen LogP contribution in [0.25, 0.3) is 0 Å². The fraction of sp³-hybridized carbons (Fsp3) is 0.333. The Morgan fingerprint density at radius 3 is 2.48 bits per heavy atom. The van der Waals surface area contributed by atoms with Gasteiger partial charge in [0, 0.05) is 22.3 Å². The molecule has 0 atom stereocenters. The van der Waals surface area contributed by atoms with E-state index in [9.17, 15) is 13.2 Å². The number of rotatable bonds is 4. The van der Waals surface area contributed by atoms with Crippen molar-refractivity contribution in [3.8, 4) is 0 Å². The normalized spacial score (nSPS) is 11.9. The number of hydrogen-bond acceptors (Lipinski definition) is 3. The third kappa shape index (κ3) is 3.69. The number of benzene rings is 1. The number of halogens is 3. The Hall–Kier alpha value is -1.69. The van der Waals surface area contributed by atoms with Crippen LogP contribution in [0.1, 0.15) is 24.3 Å². The summed E-state index contributed by atoms with van der Waals surface area (Å²) in [6.45, 7) is 4.49. The molecule has 0 fully saturated rings. The standard InChI is InChI=1S/C15H17F3N2S/c1-10(2)20(9-12-4-3-7-21-12)11-5-6-14(19)13(8-11)15(16,17)18/h3-8,10H,9,19H2,1-2H3. The van der Waals surface area contributed by atoms with Crippen LogP contribution >= 0.6 is 11.3 Å². The molecule has 1 aromatic carbocycles. The quantitative estimate of drug-likeness (QED) is 0.824. The molecule has 1 aromatic heterocycles. The first-order valence-electron chi connectivity index (χ1n) is 6.55. The average Bonchev–Trinajstić information content (AvgIpc) is 2.88. The number of nitrogens with two attached hydrogens (primary N) is 1. The molecular weight excluding hydrogens is 297 g/mol. The molecule has 0 aliphatic rings. The van der Waals surface area contributed by atoms with Gasteiger partial charge < -0.3 is 10.6 Å². The van der Waals surface area contributed by atoms with Crippen molar-refractivity contribution in [3.05, 3.63) is 46.2 Å². The van der Waals surface area contributed by atoms with Gasteiger partial charge in [0.15, 0.2) is 0 Å². The number of anilines is 2. The van der Waals surface area contributed by atoms with Crippen molar-refractivity contribution >= 4 is 22.7 Å². The summed E-state index contributed by atoms with van der Waals surface area (Å²) >= 11 is 1.59. The molecule has 6 heteroatoms. The molecule has 0 unspecified atom stereocenters. The Labute approximate surface area is 126 Å². The highest BCUT2D eigenvalue weighted by atomic mass is 32.1. The van der Waals surface area contributed by atoms with Crippen LogP contribution in [0.5, 0.6) is 0 Å². The molecule has 1 heterocycles. The molecule has 2 aromatic rings. The lowest BCUT2D eigenvalue weighted by Crippen LogP contribution is -2.30. The number of thiophene rings is 1. The van der Waals surface area contributed by atoms with E-state index in [4.69, 9.17) is 5.73 Å². The molecule has 2 N–H and O–H groups in total. The summed E-state index contributed by atoms with van der Waals surface area (Å²) in [5.41, 5.74) is 4.95. The highest BCUT2D eigenvalue weighted by Crippen LogP contribution is 2.36. The smallest absolute Gasteiger partial charge is 0.398 e. The molecular formula is C15H17F3N2S. The van der Waals surface area contributed by atoms with E-state index in [1.54, 1.807) is 17.4 Å². The molecule has 0 saturated carbocycles. The first-order chi connectivity index (χ1) is 9.79. The SMILES string of the molecule is CC(C)N(Cc1cccs1)c1ccc(N)c(C(F)(F)F)c1. The summed E-state index contributed by atoms with van der Waals surface area (Å²) in [5, 5.41) is 1.96. The van der Waals surface area contributed by atoms with Crippen molar-refractivity contribution in [3.63, 3.8) is 0 Å². The van der Waals surface area contributed by atoms with E-state index in [2.05, 4.69) is 0 Å². The molecule has 0 amide bonds. The van der Waals surface area contributed by atoms with Gasteiger partial charge in [0.05, 0.1) is 12.1 Å². The zero-order valence-electron chi connectivity index (χ0n) is 11.8. The van der Waals surface area contributed by atoms with Crippen LogP contribution in [0.15, 0.2) is 35.7 Å². The largest absolute Gasteiger partial charge is 0.418 e. The summed E-state index contributed by atoms with van der Waals surface area (Å²) in [6.07, 6.45) is -4.44. The molecule has 0 spiro atoms. The van der Waals surface area contributed by atoms with Crippen molar-refractivity contribution in [2.45, 2.75) is 32.6 Å². The summed E-state index contributed by atoms with van der Waals surface area (Å²) in [4.78, 5) is 3.04. The van der Waals surface area contributed by atoms with Gasteiger partial charge in [0.25, 0.3) is 0 Å². The summed E-state index contributed by atoms with van der Waals surface area (Å²) in [7, 11) is 0. The van der Waals surface area contributed by atoms with E-state index in [0.29, 0.717) is 12.2 Å². The van der Waals surface area contributed by atoms with E-state index in [0.717, 1.165) is 10.9 Å². The zero-order chi connectivity index (χ0) is 15.6. The lowest BCUT2D eigenvalue weighted by Gasteiger charge is -2.29. The highest BCUT2D eigenvalue weighted by Gasteiger charge is 2.33. The molecule has 0 radical (unpaired) electrons. The van der Waals surface area contributed by atoms with Gasteiger partial charge in [-0.1, -0.05) is 6.07 Å². The summed E-state index contributed by atoms with van der Waals surface area (Å²) < 4.78 is 38.9. The predicted molar refractivity (Wildman–Crippen MR) is 81.5 cm³/mol. The maximum atomic E-state index is 13.0. The lowest BCUT2D eigenvalue weighted by atomic mass is 10.1. The Balaban J connectivity index is 2.37. The minimum absolute atomic E-state index is 0.0804. The van der Waals surface area contributed by atoms with Crippen molar-refractivity contribution < 1.29 is 13.2 Å². The van der Waals surface area contributed by atoms with Gasteiger partial charge in [0.1, 0.15) is 0 Å². The van der Waals surface area contributed by atoms with Crippen LogP contribution in [0.3, 0.4) is 0 Å². The van der Waals surface area contributed by atoms with Gasteiger partial charge in [-0.05, 0) is 43.5 Å². The van der Waals surface area contributed by atoms with E-state index in [-0.39, 0.29) is 11.7 Å². The first kappa shape index (κ1) is 15.7. The van der Waals surface area contributed by atoms with Crippen molar-refractivity contribution in [2.75, 3.05) is 10.6 Å². The number of alkyl halides is 3.